The summed E-state index contributed by atoms with van der Waals surface area (Å²) in [4.78, 5) is 93.2. The molecule has 11 rings (SSSR count). The maximum Gasteiger partial charge on any atom is 1.00 e. The van der Waals surface area contributed by atoms with Gasteiger partial charge in [-0.1, -0.05) is 129 Å². The van der Waals surface area contributed by atoms with Crippen LogP contribution in [0.3, 0.4) is 0 Å². The van der Waals surface area contributed by atoms with E-state index in [0.29, 0.717) is 55.0 Å². The Bertz CT molecular complexity index is 5230. The van der Waals surface area contributed by atoms with Crippen molar-refractivity contribution < 1.29 is 145 Å². The fraction of sp³-hybridized carbons (Fsp3) is 0.0787. The van der Waals surface area contributed by atoms with Crippen LogP contribution in [0.15, 0.2) is 282 Å². The van der Waals surface area contributed by atoms with Gasteiger partial charge in [0.2, 0.25) is 0 Å². The Morgan fingerprint density at radius 3 is 1.02 bits per heavy atom. The number of benzene rings is 11. The predicted molar refractivity (Wildman–Crippen MR) is 460 cm³/mol. The molecule has 0 aliphatic heterocycles. The molecule has 122 heavy (non-hydrogen) atoms. The summed E-state index contributed by atoms with van der Waals surface area (Å²) >= 11 is 6.47. The SMILES string of the molecule is C.COC(=O)/C=C/c1ccccc1N.COC(=O)/C=C/c1ccccc1NC(=O)c1ccccc1Br.COC(=O)/C=C/c1ccccc1NC(=O)c1ccccc1Oc1ccc(F)cc1OC.COc1cc(F)ccc1O.COc1cc(F)ccc1Oc1ccccc1C(=O)Nc1ccccc1/C=C/C(=O)NO.NO.O=C(O)c1ccccc1Br.[Na+].[OH-]. The Morgan fingerprint density at radius 1 is 0.377 bits per heavy atom. The number of anilines is 4. The van der Waals surface area contributed by atoms with Crippen molar-refractivity contribution in [3.63, 3.8) is 0 Å². The van der Waals surface area contributed by atoms with Crippen LogP contribution in [0.2, 0.25) is 0 Å². The summed E-state index contributed by atoms with van der Waals surface area (Å²) in [6.07, 6.45) is 11.3. The summed E-state index contributed by atoms with van der Waals surface area (Å²) in [6, 6.07) is 66.6. The molecule has 13 N–H and O–H groups in total. The smallest absolute Gasteiger partial charge is 0.870 e. The number of rotatable bonds is 22. The fourth-order valence-electron chi connectivity index (χ4n) is 9.49. The zero-order chi connectivity index (χ0) is 87.2. The zero-order valence-corrected chi connectivity index (χ0v) is 70.8. The third-order valence-corrected chi connectivity index (χ3v) is 16.6. The standard InChI is InChI=1S/C24H20FNO5.C23H19FN2O5.C17H14BrNO3.C10H11NO2.C7H5BrO2.C7H7FO2.CH4.H3NO.Na.H2O/c1-29-22-15-17(25)12-13-21(22)31-20-10-6-4-8-18(20)24(28)26-19-9-5-3-7-16(19)11-14-23(27)30-2;1-30-21-14-16(24)11-12-20(21)31-19-9-5-3-7-17(19)23(28)25-18-8-4-2-6-15(18)10-13-22(27)26-29;1-22-16(20)11-10-12-6-2-5-9-15(12)19-17(21)13-7-3-4-8-14(13)18;1-13-10(12)7-6-8-4-2-3-5-9(8)11;8-6-4-2-1-3-5(6)7(9)10;1-10-7-4-5(8)2-3-6(7)9;;1-2;;/h3-15H,1-2H3,(H,26,28);2-14,29H,1H3,(H,25,28)(H,26,27);2-11H,1H3,(H,19,21);2-7H,11H2,1H3;1-4H,(H,9,10);2-4,9H,1H3;1H4;2H,1H2;;1H2/q;;;;;;;;+1;/p-1/b14-11+;13-10+;11-10+;7-6+;;;;;;. The molecule has 0 bridgehead atoms. The minimum Gasteiger partial charge on any atom is -0.870 e. The molecule has 0 saturated heterocycles. The third kappa shape index (κ3) is 35.1. The number of carbonyl (C=O) groups excluding carboxylic acids is 7. The number of amides is 4. The number of aromatic carboxylic acids is 1. The molecule has 0 saturated carbocycles. The van der Waals surface area contributed by atoms with Crippen molar-refractivity contribution in [3.05, 3.63) is 344 Å². The van der Waals surface area contributed by atoms with Crippen LogP contribution < -0.4 is 86.3 Å². The second kappa shape index (κ2) is 56.7. The van der Waals surface area contributed by atoms with Gasteiger partial charge in [0.15, 0.2) is 34.5 Å². The Labute approximate surface area is 739 Å². The molecule has 0 aliphatic rings. The number of carboxylic acids is 1. The fourth-order valence-corrected chi connectivity index (χ4v) is 10.4. The number of ether oxygens (including phenoxy) is 8. The molecule has 27 nitrogen and oxygen atoms in total. The molecular formula is C89H84Br2F3N6NaO21. The van der Waals surface area contributed by atoms with Crippen LogP contribution in [0.4, 0.5) is 35.9 Å². The van der Waals surface area contributed by atoms with Crippen molar-refractivity contribution in [2.24, 2.45) is 5.90 Å². The maximum absolute atomic E-state index is 13.5. The topological polar surface area (TPSA) is 421 Å². The first-order valence-electron chi connectivity index (χ1n) is 34.5. The quantitative estimate of drug-likeness (QED) is 0.00573. The van der Waals surface area contributed by atoms with E-state index in [1.165, 1.54) is 115 Å². The predicted octanol–water partition coefficient (Wildman–Crippen LogP) is 15.3. The third-order valence-electron chi connectivity index (χ3n) is 15.3. The number of nitrogens with one attached hydrogen (secondary N) is 4. The summed E-state index contributed by atoms with van der Waals surface area (Å²) < 4.78 is 80.8. The van der Waals surface area contributed by atoms with Crippen molar-refractivity contribution in [3.8, 4) is 46.0 Å². The average molecular weight is 1810 g/mol. The van der Waals surface area contributed by atoms with Crippen LogP contribution in [-0.2, 0) is 33.4 Å². The molecular weight excluding hydrogens is 1730 g/mol. The molecule has 0 aromatic heterocycles. The number of nitrogens with two attached hydrogens (primary N) is 2. The number of hydrogen-bond acceptors (Lipinski definition) is 22. The molecule has 4 amide bonds. The number of methoxy groups -OCH3 is 6. The van der Waals surface area contributed by atoms with Crippen LogP contribution in [-0.4, -0.2) is 116 Å². The number of phenolic OH excluding ortho intramolecular Hbond substituents is 1. The van der Waals surface area contributed by atoms with E-state index in [0.717, 1.165) is 28.2 Å². The number of phenols is 1. The summed E-state index contributed by atoms with van der Waals surface area (Å²) in [7, 11) is 8.09. The molecule has 33 heteroatoms. The van der Waals surface area contributed by atoms with E-state index in [-0.39, 0.29) is 111 Å². The van der Waals surface area contributed by atoms with Gasteiger partial charge in [-0.15, -0.1) is 0 Å². The number of esters is 3. The number of aromatic hydroxyl groups is 1. The van der Waals surface area contributed by atoms with Gasteiger partial charge in [0, 0.05) is 74.2 Å². The van der Waals surface area contributed by atoms with E-state index in [9.17, 15) is 51.5 Å². The van der Waals surface area contributed by atoms with E-state index in [2.05, 4.69) is 72.7 Å². The van der Waals surface area contributed by atoms with Crippen molar-refractivity contribution >= 4 is 126 Å². The van der Waals surface area contributed by atoms with Crippen molar-refractivity contribution in [1.82, 2.24) is 5.48 Å². The Kier molecular flexibility index (Phi) is 48.5. The van der Waals surface area contributed by atoms with Crippen molar-refractivity contribution in [1.29, 1.82) is 0 Å². The van der Waals surface area contributed by atoms with Gasteiger partial charge in [-0.2, -0.15) is 0 Å². The minimum atomic E-state index is -0.910. The summed E-state index contributed by atoms with van der Waals surface area (Å²) in [5.74, 6) is -0.394. The van der Waals surface area contributed by atoms with Crippen LogP contribution in [0.5, 0.6) is 46.0 Å². The summed E-state index contributed by atoms with van der Waals surface area (Å²) in [5.41, 5.74) is 13.4. The first-order chi connectivity index (χ1) is 57.3. The number of para-hydroxylation sites is 6. The van der Waals surface area contributed by atoms with Gasteiger partial charge in [-0.25, -0.2) is 43.7 Å². The van der Waals surface area contributed by atoms with Crippen molar-refractivity contribution in [2.75, 3.05) is 64.3 Å². The molecule has 0 heterocycles. The molecule has 11 aromatic carbocycles. The molecule has 0 atom stereocenters. The molecule has 632 valence electrons. The summed E-state index contributed by atoms with van der Waals surface area (Å²) in [5, 5.41) is 41.0. The summed E-state index contributed by atoms with van der Waals surface area (Å²) in [6.45, 7) is 0. The van der Waals surface area contributed by atoms with Crippen LogP contribution >= 0.6 is 31.9 Å². The van der Waals surface area contributed by atoms with Crippen LogP contribution in [0.1, 0.15) is 71.1 Å². The number of carboxylic acid groups (broad SMARTS) is 1. The molecule has 11 aromatic rings. The van der Waals surface area contributed by atoms with E-state index >= 15 is 0 Å². The number of hydrogen-bond donors (Lipinski definition) is 10. The Balaban J connectivity index is 0.000000517. The average Bonchev–Trinajstić information content (AvgIpc) is 0.817. The monoisotopic (exact) mass is 1810 g/mol. The van der Waals surface area contributed by atoms with Gasteiger partial charge >= 0.3 is 53.4 Å². The van der Waals surface area contributed by atoms with E-state index < -0.39 is 53.1 Å². The van der Waals surface area contributed by atoms with Gasteiger partial charge in [-0.05, 0) is 188 Å². The van der Waals surface area contributed by atoms with Gasteiger partial charge in [-0.3, -0.25) is 24.4 Å². The van der Waals surface area contributed by atoms with Crippen LogP contribution in [0.25, 0.3) is 24.3 Å². The minimum absolute atomic E-state index is 0. The van der Waals surface area contributed by atoms with Gasteiger partial charge in [0.1, 0.15) is 29.0 Å². The molecule has 0 aliphatic carbocycles. The first-order valence-corrected chi connectivity index (χ1v) is 36.1. The van der Waals surface area contributed by atoms with Gasteiger partial charge in [0.05, 0.1) is 64.9 Å². The van der Waals surface area contributed by atoms with E-state index in [4.69, 9.17) is 45.3 Å². The first kappa shape index (κ1) is 104. The number of nitrogen functional groups attached to an aromatic ring is 1. The van der Waals surface area contributed by atoms with E-state index in [1.54, 1.807) is 176 Å². The molecule has 0 radical (unpaired) electrons. The molecule has 0 spiro atoms. The van der Waals surface area contributed by atoms with Crippen molar-refractivity contribution in [2.45, 2.75) is 7.43 Å². The number of carbonyl (C=O) groups is 8. The number of hydroxylamine groups is 1. The van der Waals surface area contributed by atoms with Gasteiger partial charge < -0.3 is 80.5 Å². The van der Waals surface area contributed by atoms with E-state index in [1.807, 2.05) is 36.4 Å². The normalized spacial score (nSPS) is 9.92. The maximum atomic E-state index is 13.5. The number of halogens is 5. The van der Waals surface area contributed by atoms with Gasteiger partial charge in [0.25, 0.3) is 23.6 Å². The van der Waals surface area contributed by atoms with Crippen LogP contribution in [0, 0.1) is 17.5 Å². The molecule has 0 fully saturated rings. The zero-order valence-electron chi connectivity index (χ0n) is 65.6. The second-order valence-electron chi connectivity index (χ2n) is 23.0. The Morgan fingerprint density at radius 2 is 0.680 bits per heavy atom. The Hall–Kier alpha value is -13.7. The largest absolute Gasteiger partial charge is 1.00 e. The second-order valence-corrected chi connectivity index (χ2v) is 24.7. The molecule has 0 unspecified atom stereocenters.